The quantitative estimate of drug-likeness (QED) is 0.633. The average Bonchev–Trinajstić information content (AvgIpc) is 2.33. The van der Waals surface area contributed by atoms with E-state index in [1.807, 2.05) is 0 Å². The number of hydrogen-bond acceptors (Lipinski definition) is 3. The lowest BCUT2D eigenvalue weighted by Gasteiger charge is -2.14. The zero-order valence-corrected chi connectivity index (χ0v) is 11.4. The Morgan fingerprint density at radius 1 is 1.56 bits per heavy atom. The fourth-order valence-corrected chi connectivity index (χ4v) is 1.68. The minimum atomic E-state index is -0.580. The molecule has 0 spiro atoms. The molecular formula is C12H18ClN3O2. The second kappa shape index (κ2) is 7.16. The topological polar surface area (TPSA) is 64.0 Å². The number of halogens is 1. The van der Waals surface area contributed by atoms with E-state index in [0.29, 0.717) is 6.54 Å². The second-order valence-corrected chi connectivity index (χ2v) is 4.52. The largest absolute Gasteiger partial charge is 0.354 e. The van der Waals surface area contributed by atoms with Crippen LogP contribution in [0.4, 0.5) is 0 Å². The van der Waals surface area contributed by atoms with Gasteiger partial charge in [-0.3, -0.25) is 14.2 Å². The van der Waals surface area contributed by atoms with E-state index in [0.717, 1.165) is 19.3 Å². The van der Waals surface area contributed by atoms with E-state index in [4.69, 9.17) is 11.6 Å². The van der Waals surface area contributed by atoms with Gasteiger partial charge in [-0.05, 0) is 13.3 Å². The first-order valence-corrected chi connectivity index (χ1v) is 6.45. The van der Waals surface area contributed by atoms with Gasteiger partial charge in [0.25, 0.3) is 5.56 Å². The van der Waals surface area contributed by atoms with Crippen molar-refractivity contribution in [1.82, 2.24) is 14.9 Å². The van der Waals surface area contributed by atoms with Crippen LogP contribution in [0.5, 0.6) is 0 Å². The summed E-state index contributed by atoms with van der Waals surface area (Å²) in [5.74, 6) is -0.183. The van der Waals surface area contributed by atoms with Crippen molar-refractivity contribution in [2.45, 2.75) is 39.2 Å². The highest BCUT2D eigenvalue weighted by atomic mass is 35.5. The predicted octanol–water partition coefficient (Wildman–Crippen LogP) is 1.76. The van der Waals surface area contributed by atoms with Crippen LogP contribution < -0.4 is 10.9 Å². The van der Waals surface area contributed by atoms with Gasteiger partial charge in [0.1, 0.15) is 11.2 Å². The smallest absolute Gasteiger partial charge is 0.255 e. The van der Waals surface area contributed by atoms with Crippen molar-refractivity contribution in [2.24, 2.45) is 0 Å². The number of carbonyl (C=O) groups excluding carboxylic acids is 1. The van der Waals surface area contributed by atoms with Gasteiger partial charge in [0.05, 0.1) is 6.33 Å². The fourth-order valence-electron chi connectivity index (χ4n) is 1.54. The molecule has 1 aromatic heterocycles. The molecule has 1 atom stereocenters. The van der Waals surface area contributed by atoms with Crippen molar-refractivity contribution in [3.05, 3.63) is 27.9 Å². The molecule has 100 valence electrons. The summed E-state index contributed by atoms with van der Waals surface area (Å²) in [7, 11) is 0. The SMILES string of the molecule is CCCCCNC(=O)C(C)n1cnc(Cl)cc1=O. The molecule has 0 saturated carbocycles. The van der Waals surface area contributed by atoms with Gasteiger partial charge in [-0.2, -0.15) is 0 Å². The second-order valence-electron chi connectivity index (χ2n) is 4.13. The van der Waals surface area contributed by atoms with Crippen molar-refractivity contribution in [1.29, 1.82) is 0 Å². The molecule has 0 saturated heterocycles. The molecule has 0 bridgehead atoms. The van der Waals surface area contributed by atoms with Crippen LogP contribution in [0.1, 0.15) is 39.2 Å². The highest BCUT2D eigenvalue weighted by Crippen LogP contribution is 2.04. The molecule has 0 aliphatic heterocycles. The first-order chi connectivity index (χ1) is 8.56. The summed E-state index contributed by atoms with van der Waals surface area (Å²) in [6.07, 6.45) is 4.42. The van der Waals surface area contributed by atoms with E-state index in [-0.39, 0.29) is 16.6 Å². The van der Waals surface area contributed by atoms with Crippen LogP contribution >= 0.6 is 11.6 Å². The van der Waals surface area contributed by atoms with E-state index in [2.05, 4.69) is 17.2 Å². The number of nitrogens with one attached hydrogen (secondary N) is 1. The van der Waals surface area contributed by atoms with E-state index in [1.54, 1.807) is 6.92 Å². The Balaban J connectivity index is 2.60. The monoisotopic (exact) mass is 271 g/mol. The van der Waals surface area contributed by atoms with Gasteiger partial charge in [-0.25, -0.2) is 4.98 Å². The summed E-state index contributed by atoms with van der Waals surface area (Å²) < 4.78 is 1.26. The van der Waals surface area contributed by atoms with Crippen LogP contribution in [0.25, 0.3) is 0 Å². The fraction of sp³-hybridized carbons (Fsp3) is 0.583. The third-order valence-electron chi connectivity index (χ3n) is 2.68. The van der Waals surface area contributed by atoms with Gasteiger partial charge in [0.15, 0.2) is 0 Å². The number of hydrogen-bond donors (Lipinski definition) is 1. The number of amides is 1. The van der Waals surface area contributed by atoms with Crippen molar-refractivity contribution in [3.63, 3.8) is 0 Å². The minimum absolute atomic E-state index is 0.131. The zero-order valence-electron chi connectivity index (χ0n) is 10.6. The third kappa shape index (κ3) is 4.14. The number of nitrogens with zero attached hydrogens (tertiary/aromatic N) is 2. The maximum absolute atomic E-state index is 11.8. The number of carbonyl (C=O) groups is 1. The minimum Gasteiger partial charge on any atom is -0.354 e. The Morgan fingerprint density at radius 3 is 2.89 bits per heavy atom. The first-order valence-electron chi connectivity index (χ1n) is 6.07. The van der Waals surface area contributed by atoms with Gasteiger partial charge >= 0.3 is 0 Å². The molecule has 1 rings (SSSR count). The number of rotatable bonds is 6. The van der Waals surface area contributed by atoms with Crippen LogP contribution in [0.15, 0.2) is 17.2 Å². The Bertz CT molecular complexity index is 459. The molecule has 5 nitrogen and oxygen atoms in total. The highest BCUT2D eigenvalue weighted by Gasteiger charge is 2.15. The molecule has 6 heteroatoms. The highest BCUT2D eigenvalue weighted by molar-refractivity contribution is 6.29. The lowest BCUT2D eigenvalue weighted by Crippen LogP contribution is -2.36. The normalized spacial score (nSPS) is 12.2. The summed E-state index contributed by atoms with van der Waals surface area (Å²) in [6, 6.07) is 0.617. The zero-order chi connectivity index (χ0) is 13.5. The molecule has 1 aromatic rings. The first kappa shape index (κ1) is 14.7. The maximum atomic E-state index is 11.8. The summed E-state index contributed by atoms with van der Waals surface area (Å²) in [5.41, 5.74) is -0.328. The lowest BCUT2D eigenvalue weighted by molar-refractivity contribution is -0.123. The standard InChI is InChI=1S/C12H18ClN3O2/c1-3-4-5-6-14-12(18)9(2)16-8-15-10(13)7-11(16)17/h7-9H,3-6H2,1-2H3,(H,14,18). The van der Waals surface area contributed by atoms with E-state index in [1.165, 1.54) is 17.0 Å². The summed E-state index contributed by atoms with van der Waals surface area (Å²) in [5, 5.41) is 2.93. The molecule has 1 heterocycles. The molecule has 0 fully saturated rings. The molecule has 0 radical (unpaired) electrons. The summed E-state index contributed by atoms with van der Waals surface area (Å²) >= 11 is 5.59. The molecular weight excluding hydrogens is 254 g/mol. The molecule has 1 unspecified atom stereocenters. The molecule has 0 aromatic carbocycles. The van der Waals surface area contributed by atoms with Crippen molar-refractivity contribution >= 4 is 17.5 Å². The average molecular weight is 272 g/mol. The van der Waals surface area contributed by atoms with Crippen LogP contribution in [-0.4, -0.2) is 22.0 Å². The Labute approximate surface area is 111 Å². The van der Waals surface area contributed by atoms with Crippen LogP contribution in [0, 0.1) is 0 Å². The Hall–Kier alpha value is -1.36. The van der Waals surface area contributed by atoms with Gasteiger partial charge < -0.3 is 5.32 Å². The summed E-state index contributed by atoms with van der Waals surface area (Å²) in [4.78, 5) is 27.2. The van der Waals surface area contributed by atoms with Crippen molar-refractivity contribution in [2.75, 3.05) is 6.54 Å². The Kier molecular flexibility index (Phi) is 5.85. The molecule has 18 heavy (non-hydrogen) atoms. The third-order valence-corrected chi connectivity index (χ3v) is 2.89. The van der Waals surface area contributed by atoms with Crippen molar-refractivity contribution < 1.29 is 4.79 Å². The maximum Gasteiger partial charge on any atom is 0.255 e. The van der Waals surface area contributed by atoms with Gasteiger partial charge in [-0.1, -0.05) is 31.4 Å². The van der Waals surface area contributed by atoms with Crippen molar-refractivity contribution in [3.8, 4) is 0 Å². The van der Waals surface area contributed by atoms with Gasteiger partial charge in [0, 0.05) is 12.6 Å². The molecule has 0 aliphatic carbocycles. The number of unbranched alkanes of at least 4 members (excludes halogenated alkanes) is 2. The molecule has 1 N–H and O–H groups in total. The number of aromatic nitrogens is 2. The Morgan fingerprint density at radius 2 is 2.28 bits per heavy atom. The van der Waals surface area contributed by atoms with Crippen LogP contribution in [-0.2, 0) is 4.79 Å². The lowest BCUT2D eigenvalue weighted by atomic mass is 10.2. The predicted molar refractivity (Wildman–Crippen MR) is 70.8 cm³/mol. The van der Waals surface area contributed by atoms with Gasteiger partial charge in [-0.15, -0.1) is 0 Å². The molecule has 0 aliphatic rings. The van der Waals surface area contributed by atoms with Crippen LogP contribution in [0.3, 0.4) is 0 Å². The molecule has 1 amide bonds. The summed E-state index contributed by atoms with van der Waals surface area (Å²) in [6.45, 7) is 4.39. The van der Waals surface area contributed by atoms with E-state index in [9.17, 15) is 9.59 Å². The van der Waals surface area contributed by atoms with E-state index < -0.39 is 6.04 Å². The van der Waals surface area contributed by atoms with E-state index >= 15 is 0 Å². The van der Waals surface area contributed by atoms with Gasteiger partial charge in [0.2, 0.25) is 5.91 Å². The van der Waals surface area contributed by atoms with Crippen LogP contribution in [0.2, 0.25) is 5.15 Å².